The van der Waals surface area contributed by atoms with Crippen LogP contribution in [0.3, 0.4) is 0 Å². The largest absolute Gasteiger partial charge is 0.452 e. The second kappa shape index (κ2) is 9.33. The molecule has 30 heavy (non-hydrogen) atoms. The van der Waals surface area contributed by atoms with Crippen LogP contribution in [0.1, 0.15) is 15.9 Å². The molecule has 0 radical (unpaired) electrons. The molecule has 2 N–H and O–H groups in total. The maximum absolute atomic E-state index is 12.5. The Morgan fingerprint density at radius 3 is 2.40 bits per heavy atom. The summed E-state index contributed by atoms with van der Waals surface area (Å²) < 4.78 is 5.12. The molecule has 8 nitrogen and oxygen atoms in total. The lowest BCUT2D eigenvalue weighted by Crippen LogP contribution is -2.21. The smallest absolute Gasteiger partial charge is 0.340 e. The molecule has 3 rings (SSSR count). The number of benzene rings is 3. The number of esters is 1. The fourth-order valence-corrected chi connectivity index (χ4v) is 2.74. The second-order valence-electron chi connectivity index (χ2n) is 6.42. The molecule has 0 aliphatic carbocycles. The average molecular weight is 405 g/mol. The van der Waals surface area contributed by atoms with Gasteiger partial charge < -0.3 is 15.4 Å². The van der Waals surface area contributed by atoms with Crippen molar-refractivity contribution in [3.05, 3.63) is 94.0 Å². The van der Waals surface area contributed by atoms with Gasteiger partial charge in [-0.1, -0.05) is 36.4 Å². The predicted molar refractivity (Wildman–Crippen MR) is 113 cm³/mol. The van der Waals surface area contributed by atoms with Crippen LogP contribution in [0.5, 0.6) is 0 Å². The van der Waals surface area contributed by atoms with Gasteiger partial charge in [0.2, 0.25) is 0 Å². The third kappa shape index (κ3) is 5.20. The van der Waals surface area contributed by atoms with Gasteiger partial charge in [0.25, 0.3) is 11.6 Å². The van der Waals surface area contributed by atoms with Gasteiger partial charge in [-0.2, -0.15) is 0 Å². The number of nitrogens with zero attached hydrogens (tertiary/aromatic N) is 1. The van der Waals surface area contributed by atoms with E-state index in [0.29, 0.717) is 11.3 Å². The van der Waals surface area contributed by atoms with Crippen molar-refractivity contribution < 1.29 is 19.2 Å². The molecule has 0 atom stereocenters. The van der Waals surface area contributed by atoms with E-state index in [2.05, 4.69) is 10.6 Å². The van der Waals surface area contributed by atoms with E-state index in [4.69, 9.17) is 4.74 Å². The average Bonchev–Trinajstić information content (AvgIpc) is 2.74. The zero-order valence-corrected chi connectivity index (χ0v) is 16.1. The van der Waals surface area contributed by atoms with Crippen molar-refractivity contribution in [1.29, 1.82) is 0 Å². The Kier molecular flexibility index (Phi) is 6.39. The summed E-state index contributed by atoms with van der Waals surface area (Å²) in [5, 5.41) is 16.6. The number of hydrogen-bond donors (Lipinski definition) is 2. The molecule has 0 bridgehead atoms. The molecule has 0 aliphatic rings. The van der Waals surface area contributed by atoms with Gasteiger partial charge in [-0.25, -0.2) is 4.79 Å². The summed E-state index contributed by atoms with van der Waals surface area (Å²) >= 11 is 0. The third-order valence-corrected chi connectivity index (χ3v) is 4.22. The minimum atomic E-state index is -0.668. The molecule has 0 spiro atoms. The molecule has 1 amide bonds. The number of anilines is 3. The molecular weight excluding hydrogens is 386 g/mol. The number of aryl methyl sites for hydroxylation is 1. The first-order chi connectivity index (χ1) is 14.4. The van der Waals surface area contributed by atoms with E-state index >= 15 is 0 Å². The number of hydrogen-bond acceptors (Lipinski definition) is 6. The number of carbonyl (C=O) groups excluding carboxylic acids is 2. The van der Waals surface area contributed by atoms with E-state index in [1.807, 2.05) is 30.3 Å². The van der Waals surface area contributed by atoms with Crippen LogP contribution in [-0.2, 0) is 9.53 Å². The van der Waals surface area contributed by atoms with Crippen molar-refractivity contribution >= 4 is 34.6 Å². The molecule has 8 heteroatoms. The number of nitrogens with one attached hydrogen (secondary N) is 2. The van der Waals surface area contributed by atoms with Crippen LogP contribution >= 0.6 is 0 Å². The first-order valence-corrected chi connectivity index (χ1v) is 9.07. The maximum atomic E-state index is 12.5. The minimum absolute atomic E-state index is 0.106. The summed E-state index contributed by atoms with van der Waals surface area (Å²) in [6.07, 6.45) is 0. The summed E-state index contributed by atoms with van der Waals surface area (Å²) in [5.74, 6) is -1.27. The van der Waals surface area contributed by atoms with Gasteiger partial charge >= 0.3 is 5.97 Å². The van der Waals surface area contributed by atoms with E-state index in [1.54, 1.807) is 37.3 Å². The van der Waals surface area contributed by atoms with Crippen LogP contribution in [-0.4, -0.2) is 23.4 Å². The standard InChI is InChI=1S/C22H19N3O5/c1-15-11-12-17(13-20(15)25(28)29)24-21(26)14-30-22(27)18-9-5-6-10-19(18)23-16-7-3-2-4-8-16/h2-13,23H,14H2,1H3,(H,24,26). The Morgan fingerprint density at radius 2 is 1.67 bits per heavy atom. The lowest BCUT2D eigenvalue weighted by Gasteiger charge is -2.12. The number of para-hydroxylation sites is 2. The molecule has 3 aromatic rings. The van der Waals surface area contributed by atoms with Crippen LogP contribution in [0.2, 0.25) is 0 Å². The van der Waals surface area contributed by atoms with Gasteiger partial charge in [-0.05, 0) is 37.3 Å². The Labute approximate surface area is 172 Å². The monoisotopic (exact) mass is 405 g/mol. The second-order valence-corrected chi connectivity index (χ2v) is 6.42. The number of amides is 1. The highest BCUT2D eigenvalue weighted by Crippen LogP contribution is 2.23. The number of ether oxygens (including phenoxy) is 1. The first-order valence-electron chi connectivity index (χ1n) is 9.07. The molecule has 152 valence electrons. The molecular formula is C22H19N3O5. The van der Waals surface area contributed by atoms with E-state index in [1.165, 1.54) is 12.1 Å². The Balaban J connectivity index is 1.63. The predicted octanol–water partition coefficient (Wildman–Crippen LogP) is 4.44. The van der Waals surface area contributed by atoms with Crippen LogP contribution in [0.15, 0.2) is 72.8 Å². The molecule has 0 aromatic heterocycles. The van der Waals surface area contributed by atoms with E-state index < -0.39 is 23.4 Å². The molecule has 0 saturated heterocycles. The van der Waals surface area contributed by atoms with Crippen molar-refractivity contribution in [1.82, 2.24) is 0 Å². The Morgan fingerprint density at radius 1 is 0.967 bits per heavy atom. The van der Waals surface area contributed by atoms with Gasteiger partial charge in [0.1, 0.15) is 0 Å². The zero-order valence-electron chi connectivity index (χ0n) is 16.1. The summed E-state index contributed by atoms with van der Waals surface area (Å²) in [6, 6.07) is 20.5. The fraction of sp³-hybridized carbons (Fsp3) is 0.0909. The highest BCUT2D eigenvalue weighted by atomic mass is 16.6. The summed E-state index contributed by atoms with van der Waals surface area (Å²) in [6.45, 7) is 1.08. The van der Waals surface area contributed by atoms with Crippen LogP contribution in [0.25, 0.3) is 0 Å². The number of nitro groups is 1. The maximum Gasteiger partial charge on any atom is 0.340 e. The van der Waals surface area contributed by atoms with Crippen LogP contribution < -0.4 is 10.6 Å². The van der Waals surface area contributed by atoms with Crippen molar-refractivity contribution in [3.8, 4) is 0 Å². The molecule has 3 aromatic carbocycles. The highest BCUT2D eigenvalue weighted by Gasteiger charge is 2.16. The topological polar surface area (TPSA) is 111 Å². The van der Waals surface area contributed by atoms with Gasteiger partial charge in [0.15, 0.2) is 6.61 Å². The lowest BCUT2D eigenvalue weighted by molar-refractivity contribution is -0.385. The Bertz CT molecular complexity index is 1080. The molecule has 0 saturated carbocycles. The molecule has 0 heterocycles. The van der Waals surface area contributed by atoms with Crippen molar-refractivity contribution in [3.63, 3.8) is 0 Å². The van der Waals surface area contributed by atoms with E-state index in [9.17, 15) is 19.7 Å². The minimum Gasteiger partial charge on any atom is -0.452 e. The van der Waals surface area contributed by atoms with Crippen molar-refractivity contribution in [2.24, 2.45) is 0 Å². The molecule has 0 unspecified atom stereocenters. The van der Waals surface area contributed by atoms with Crippen LogP contribution in [0, 0.1) is 17.0 Å². The highest BCUT2D eigenvalue weighted by molar-refractivity contribution is 5.99. The molecule has 0 fully saturated rings. The van der Waals surface area contributed by atoms with Gasteiger partial charge in [-0.3, -0.25) is 14.9 Å². The first kappa shape index (κ1) is 20.5. The van der Waals surface area contributed by atoms with Crippen molar-refractivity contribution in [2.45, 2.75) is 6.92 Å². The fourth-order valence-electron chi connectivity index (χ4n) is 2.74. The van der Waals surface area contributed by atoms with Gasteiger partial charge in [-0.15, -0.1) is 0 Å². The van der Waals surface area contributed by atoms with E-state index in [0.717, 1.165) is 5.69 Å². The van der Waals surface area contributed by atoms with E-state index in [-0.39, 0.29) is 16.9 Å². The summed E-state index contributed by atoms with van der Waals surface area (Å²) in [5.41, 5.74) is 2.25. The Hall–Kier alpha value is -4.20. The zero-order chi connectivity index (χ0) is 21.5. The van der Waals surface area contributed by atoms with Crippen molar-refractivity contribution in [2.75, 3.05) is 17.2 Å². The molecule has 0 aliphatic heterocycles. The van der Waals surface area contributed by atoms with Gasteiger partial charge in [0, 0.05) is 23.0 Å². The summed E-state index contributed by atoms with van der Waals surface area (Å²) in [4.78, 5) is 35.1. The SMILES string of the molecule is Cc1ccc(NC(=O)COC(=O)c2ccccc2Nc2ccccc2)cc1[N+](=O)[O-]. The van der Waals surface area contributed by atoms with Gasteiger partial charge in [0.05, 0.1) is 16.2 Å². The number of nitro benzene ring substituents is 1. The quantitative estimate of drug-likeness (QED) is 0.341. The number of carbonyl (C=O) groups is 2. The number of rotatable bonds is 7. The summed E-state index contributed by atoms with van der Waals surface area (Å²) in [7, 11) is 0. The lowest BCUT2D eigenvalue weighted by atomic mass is 10.1. The normalized spacial score (nSPS) is 10.2. The van der Waals surface area contributed by atoms with Crippen LogP contribution in [0.4, 0.5) is 22.7 Å². The third-order valence-electron chi connectivity index (χ3n) is 4.22.